The fraction of sp³-hybridized carbons (Fsp3) is 0.562. The molecule has 0 aromatic carbocycles. The summed E-state index contributed by atoms with van der Waals surface area (Å²) in [5.74, 6) is 0.240. The normalized spacial score (nSPS) is 20.6. The second-order valence-corrected chi connectivity index (χ2v) is 5.62. The highest BCUT2D eigenvalue weighted by molar-refractivity contribution is 5.76. The maximum atomic E-state index is 12.0. The van der Waals surface area contributed by atoms with Gasteiger partial charge in [-0.25, -0.2) is 0 Å². The van der Waals surface area contributed by atoms with Gasteiger partial charge in [-0.2, -0.15) is 0 Å². The molecule has 0 radical (unpaired) electrons. The lowest BCUT2D eigenvalue weighted by molar-refractivity contribution is -0.123. The Balaban J connectivity index is 1.73. The lowest BCUT2D eigenvalue weighted by Gasteiger charge is -2.19. The topological polar surface area (TPSA) is 80.3 Å². The number of ether oxygens (including phenoxy) is 1. The zero-order valence-corrected chi connectivity index (χ0v) is 12.9. The Kier molecular flexibility index (Phi) is 6.33. The van der Waals surface area contributed by atoms with Crippen molar-refractivity contribution < 1.29 is 14.3 Å². The average molecular weight is 305 g/mol. The van der Waals surface area contributed by atoms with Crippen LogP contribution in [0.4, 0.5) is 0 Å². The summed E-state index contributed by atoms with van der Waals surface area (Å²) in [7, 11) is 0. The number of carbonyl (C=O) groups is 2. The second kappa shape index (κ2) is 8.48. The van der Waals surface area contributed by atoms with Gasteiger partial charge >= 0.3 is 0 Å². The van der Waals surface area contributed by atoms with Crippen LogP contribution in [0.3, 0.4) is 0 Å². The molecule has 2 amide bonds. The molecular weight excluding hydrogens is 282 g/mol. The molecule has 2 unspecified atom stereocenters. The van der Waals surface area contributed by atoms with E-state index in [-0.39, 0.29) is 17.9 Å². The van der Waals surface area contributed by atoms with Crippen molar-refractivity contribution >= 4 is 11.8 Å². The van der Waals surface area contributed by atoms with Crippen molar-refractivity contribution in [1.29, 1.82) is 0 Å². The molecule has 6 heteroatoms. The van der Waals surface area contributed by atoms with E-state index >= 15 is 0 Å². The lowest BCUT2D eigenvalue weighted by Crippen LogP contribution is -2.40. The summed E-state index contributed by atoms with van der Waals surface area (Å²) < 4.78 is 5.51. The van der Waals surface area contributed by atoms with Gasteiger partial charge in [0.05, 0.1) is 19.3 Å². The molecule has 2 atom stereocenters. The van der Waals surface area contributed by atoms with Crippen molar-refractivity contribution in [3.8, 4) is 0 Å². The van der Waals surface area contributed by atoms with Crippen LogP contribution in [-0.2, 0) is 20.7 Å². The fourth-order valence-electron chi connectivity index (χ4n) is 2.57. The Hall–Kier alpha value is -1.95. The highest BCUT2D eigenvalue weighted by atomic mass is 16.5. The van der Waals surface area contributed by atoms with Crippen molar-refractivity contribution in [1.82, 2.24) is 15.6 Å². The van der Waals surface area contributed by atoms with Gasteiger partial charge in [0.25, 0.3) is 0 Å². The van der Waals surface area contributed by atoms with Crippen LogP contribution in [0.5, 0.6) is 0 Å². The van der Waals surface area contributed by atoms with E-state index < -0.39 is 0 Å². The van der Waals surface area contributed by atoms with E-state index in [2.05, 4.69) is 15.6 Å². The van der Waals surface area contributed by atoms with Gasteiger partial charge in [-0.05, 0) is 30.5 Å². The second-order valence-electron chi connectivity index (χ2n) is 5.62. The van der Waals surface area contributed by atoms with Crippen LogP contribution in [0, 0.1) is 5.92 Å². The number of nitrogens with zero attached hydrogens (tertiary/aromatic N) is 1. The Labute approximate surface area is 130 Å². The third-order valence-corrected chi connectivity index (χ3v) is 3.75. The maximum Gasteiger partial charge on any atom is 0.220 e. The minimum atomic E-state index is -0.0676. The van der Waals surface area contributed by atoms with Gasteiger partial charge in [-0.1, -0.05) is 0 Å². The molecular formula is C16H23N3O3. The Morgan fingerprint density at radius 1 is 1.32 bits per heavy atom. The average Bonchev–Trinajstić information content (AvgIpc) is 2.91. The van der Waals surface area contributed by atoms with E-state index in [9.17, 15) is 9.59 Å². The van der Waals surface area contributed by atoms with Crippen LogP contribution in [-0.4, -0.2) is 42.6 Å². The smallest absolute Gasteiger partial charge is 0.220 e. The van der Waals surface area contributed by atoms with Gasteiger partial charge in [0.2, 0.25) is 11.8 Å². The zero-order chi connectivity index (χ0) is 15.8. The highest BCUT2D eigenvalue weighted by Gasteiger charge is 2.29. The Morgan fingerprint density at radius 3 is 2.82 bits per heavy atom. The molecule has 1 fully saturated rings. The summed E-state index contributed by atoms with van der Waals surface area (Å²) >= 11 is 0. The number of pyridine rings is 1. The number of nitrogens with one attached hydrogen (secondary N) is 2. The molecule has 6 nitrogen and oxygen atoms in total. The maximum absolute atomic E-state index is 12.0. The van der Waals surface area contributed by atoms with Crippen molar-refractivity contribution in [2.24, 2.45) is 5.92 Å². The van der Waals surface area contributed by atoms with Crippen LogP contribution in [0.2, 0.25) is 0 Å². The first kappa shape index (κ1) is 16.4. The molecule has 22 heavy (non-hydrogen) atoms. The van der Waals surface area contributed by atoms with Crippen LogP contribution in [0.25, 0.3) is 0 Å². The van der Waals surface area contributed by atoms with Crippen LogP contribution in [0.1, 0.15) is 25.3 Å². The molecule has 120 valence electrons. The summed E-state index contributed by atoms with van der Waals surface area (Å²) in [6, 6.07) is 4.04. The molecule has 0 bridgehead atoms. The van der Waals surface area contributed by atoms with Gasteiger partial charge in [0.1, 0.15) is 0 Å². The number of aromatic nitrogens is 1. The molecule has 1 aliphatic rings. The van der Waals surface area contributed by atoms with E-state index in [1.165, 1.54) is 12.5 Å². The number of hydrogen-bond acceptors (Lipinski definition) is 4. The van der Waals surface area contributed by atoms with Gasteiger partial charge in [0, 0.05) is 38.2 Å². The predicted molar refractivity (Wildman–Crippen MR) is 82.1 cm³/mol. The summed E-state index contributed by atoms with van der Waals surface area (Å²) in [4.78, 5) is 26.7. The van der Waals surface area contributed by atoms with Gasteiger partial charge in [-0.15, -0.1) is 0 Å². The third kappa shape index (κ3) is 5.44. The van der Waals surface area contributed by atoms with E-state index in [0.29, 0.717) is 38.5 Å². The molecule has 0 spiro atoms. The molecule has 0 aliphatic carbocycles. The van der Waals surface area contributed by atoms with E-state index in [1.54, 1.807) is 12.4 Å². The first-order valence-electron chi connectivity index (χ1n) is 7.65. The standard InChI is InChI=1S/C16H23N3O3/c1-12(20)18-6-2-3-16(21)19-15-11-22-10-14(15)9-13-4-7-17-8-5-13/h4-5,7-8,14-15H,2-3,6,9-11H2,1H3,(H,18,20)(H,19,21). The number of amides is 2. The van der Waals surface area contributed by atoms with Crippen molar-refractivity contribution in [2.75, 3.05) is 19.8 Å². The quantitative estimate of drug-likeness (QED) is 0.726. The lowest BCUT2D eigenvalue weighted by atomic mass is 9.95. The molecule has 2 rings (SSSR count). The monoisotopic (exact) mass is 305 g/mol. The number of hydrogen-bond donors (Lipinski definition) is 2. The molecule has 0 saturated carbocycles. The SMILES string of the molecule is CC(=O)NCCCC(=O)NC1COCC1Cc1ccncc1. The van der Waals surface area contributed by atoms with Crippen LogP contribution in [0.15, 0.2) is 24.5 Å². The summed E-state index contributed by atoms with van der Waals surface area (Å²) in [6.45, 7) is 3.23. The molecule has 1 aromatic rings. The molecule has 1 saturated heterocycles. The largest absolute Gasteiger partial charge is 0.379 e. The summed E-state index contributed by atoms with van der Waals surface area (Å²) in [5, 5.41) is 5.73. The van der Waals surface area contributed by atoms with E-state index in [0.717, 1.165) is 6.42 Å². The van der Waals surface area contributed by atoms with Crippen molar-refractivity contribution in [3.05, 3.63) is 30.1 Å². The van der Waals surface area contributed by atoms with Gasteiger partial charge in [0.15, 0.2) is 0 Å². The highest BCUT2D eigenvalue weighted by Crippen LogP contribution is 2.19. The summed E-state index contributed by atoms with van der Waals surface area (Å²) in [6.07, 6.45) is 5.49. The van der Waals surface area contributed by atoms with Gasteiger partial charge in [-0.3, -0.25) is 14.6 Å². The third-order valence-electron chi connectivity index (χ3n) is 3.75. The minimum Gasteiger partial charge on any atom is -0.379 e. The summed E-state index contributed by atoms with van der Waals surface area (Å²) in [5.41, 5.74) is 1.20. The van der Waals surface area contributed by atoms with Crippen LogP contribution < -0.4 is 10.6 Å². The minimum absolute atomic E-state index is 0.0144. The first-order valence-corrected chi connectivity index (χ1v) is 7.65. The Bertz CT molecular complexity index is 493. The van der Waals surface area contributed by atoms with Crippen LogP contribution >= 0.6 is 0 Å². The van der Waals surface area contributed by atoms with Crippen molar-refractivity contribution in [3.63, 3.8) is 0 Å². The van der Waals surface area contributed by atoms with E-state index in [1.807, 2.05) is 12.1 Å². The predicted octanol–water partition coefficient (Wildman–Crippen LogP) is 0.672. The molecule has 1 aromatic heterocycles. The molecule has 2 heterocycles. The van der Waals surface area contributed by atoms with Crippen molar-refractivity contribution in [2.45, 2.75) is 32.2 Å². The Morgan fingerprint density at radius 2 is 2.09 bits per heavy atom. The molecule has 2 N–H and O–H groups in total. The zero-order valence-electron chi connectivity index (χ0n) is 12.9. The fourth-order valence-corrected chi connectivity index (χ4v) is 2.57. The molecule has 1 aliphatic heterocycles. The van der Waals surface area contributed by atoms with E-state index in [4.69, 9.17) is 4.74 Å². The van der Waals surface area contributed by atoms with Gasteiger partial charge < -0.3 is 15.4 Å². The number of carbonyl (C=O) groups excluding carboxylic acids is 2. The first-order chi connectivity index (χ1) is 10.6. The number of rotatable bonds is 7.